The third-order valence-corrected chi connectivity index (χ3v) is 5.88. The number of hydrogen-bond acceptors (Lipinski definition) is 6. The molecule has 2 saturated heterocycles. The van der Waals surface area contributed by atoms with Gasteiger partial charge in [-0.05, 0) is 37.8 Å². The molecule has 28 heavy (non-hydrogen) atoms. The normalized spacial score (nSPS) is 22.2. The molecular weight excluding hydrogens is 363 g/mol. The van der Waals surface area contributed by atoms with Crippen molar-refractivity contribution < 1.29 is 18.4 Å². The Kier molecular flexibility index (Phi) is 5.41. The summed E-state index contributed by atoms with van der Waals surface area (Å²) in [7, 11) is 0. The fraction of sp³-hybridized carbons (Fsp3) is 0.550. The number of aromatic nitrogens is 2. The van der Waals surface area contributed by atoms with Crippen LogP contribution >= 0.6 is 0 Å². The van der Waals surface area contributed by atoms with Crippen LogP contribution in [0, 0.1) is 11.2 Å². The fourth-order valence-corrected chi connectivity index (χ4v) is 4.11. The fourth-order valence-electron chi connectivity index (χ4n) is 4.11. The number of nitrogens with zero attached hydrogens (tertiary/aromatic N) is 3. The number of halogens is 1. The second-order valence-corrected chi connectivity index (χ2v) is 7.65. The molecular formula is C20H25FN4O3. The Balaban J connectivity index is 1.49. The number of amides is 1. The second-order valence-electron chi connectivity index (χ2n) is 7.65. The van der Waals surface area contributed by atoms with E-state index < -0.39 is 5.41 Å². The van der Waals surface area contributed by atoms with Crippen LogP contribution in [-0.2, 0) is 9.53 Å². The highest BCUT2D eigenvalue weighted by molar-refractivity contribution is 5.83. The summed E-state index contributed by atoms with van der Waals surface area (Å²) in [5.41, 5.74) is 6.04. The zero-order valence-electron chi connectivity index (χ0n) is 15.8. The Morgan fingerprint density at radius 1 is 1.36 bits per heavy atom. The van der Waals surface area contributed by atoms with E-state index in [0.29, 0.717) is 63.0 Å². The van der Waals surface area contributed by atoms with Crippen molar-refractivity contribution in [1.29, 1.82) is 0 Å². The molecule has 2 fully saturated rings. The highest BCUT2D eigenvalue weighted by atomic mass is 19.1. The summed E-state index contributed by atoms with van der Waals surface area (Å²) in [6, 6.07) is 6.10. The zero-order chi connectivity index (χ0) is 19.6. The molecule has 0 radical (unpaired) electrons. The number of carbonyl (C=O) groups excluding carboxylic acids is 1. The number of ether oxygens (including phenoxy) is 1. The summed E-state index contributed by atoms with van der Waals surface area (Å²) < 4.78 is 24.3. The van der Waals surface area contributed by atoms with Crippen LogP contribution in [0.1, 0.15) is 37.5 Å². The minimum Gasteiger partial charge on any atom is -0.381 e. The Bertz CT molecular complexity index is 834. The van der Waals surface area contributed by atoms with Crippen molar-refractivity contribution >= 4 is 5.91 Å². The van der Waals surface area contributed by atoms with Crippen molar-refractivity contribution in [2.24, 2.45) is 11.1 Å². The van der Waals surface area contributed by atoms with Gasteiger partial charge in [-0.2, -0.15) is 4.98 Å². The largest absolute Gasteiger partial charge is 0.381 e. The van der Waals surface area contributed by atoms with Crippen molar-refractivity contribution in [2.45, 2.75) is 31.6 Å². The number of nitrogens with two attached hydrogens (primary N) is 1. The molecule has 150 valence electrons. The lowest BCUT2D eigenvalue weighted by Gasteiger charge is -2.41. The standard InChI is InChI=1S/C20H25FN4O3/c21-16-5-1-3-14(11-16)17-23-18(28-24-17)15-4-2-8-25(12-15)19(26)20(13-22)6-9-27-10-7-20/h1,3,5,11,15H,2,4,6-10,12-13,22H2. The molecule has 1 aromatic heterocycles. The van der Waals surface area contributed by atoms with Gasteiger partial charge < -0.3 is 19.9 Å². The van der Waals surface area contributed by atoms with E-state index in [-0.39, 0.29) is 17.6 Å². The van der Waals surface area contributed by atoms with Gasteiger partial charge in [0, 0.05) is 38.4 Å². The number of likely N-dealkylation sites (tertiary alicyclic amines) is 1. The lowest BCUT2D eigenvalue weighted by atomic mass is 9.78. The number of rotatable bonds is 4. The summed E-state index contributed by atoms with van der Waals surface area (Å²) in [6.45, 7) is 2.72. The third kappa shape index (κ3) is 3.66. The maximum absolute atomic E-state index is 13.5. The molecule has 0 spiro atoms. The van der Waals surface area contributed by atoms with Crippen molar-refractivity contribution in [3.8, 4) is 11.4 Å². The van der Waals surface area contributed by atoms with E-state index in [1.165, 1.54) is 12.1 Å². The highest BCUT2D eigenvalue weighted by Crippen LogP contribution is 2.35. The lowest BCUT2D eigenvalue weighted by molar-refractivity contribution is -0.148. The summed E-state index contributed by atoms with van der Waals surface area (Å²) >= 11 is 0. The number of benzene rings is 1. The van der Waals surface area contributed by atoms with Gasteiger partial charge >= 0.3 is 0 Å². The van der Waals surface area contributed by atoms with Crippen LogP contribution in [0.25, 0.3) is 11.4 Å². The quantitative estimate of drug-likeness (QED) is 0.864. The van der Waals surface area contributed by atoms with Gasteiger partial charge in [-0.3, -0.25) is 4.79 Å². The summed E-state index contributed by atoms with van der Waals surface area (Å²) in [5.74, 6) is 0.586. The molecule has 8 heteroatoms. The monoisotopic (exact) mass is 388 g/mol. The van der Waals surface area contributed by atoms with Crippen molar-refractivity contribution in [3.63, 3.8) is 0 Å². The van der Waals surface area contributed by atoms with Crippen LogP contribution in [-0.4, -0.2) is 53.8 Å². The maximum atomic E-state index is 13.5. The minimum atomic E-state index is -0.526. The Morgan fingerprint density at radius 3 is 2.93 bits per heavy atom. The first-order chi connectivity index (χ1) is 13.6. The SMILES string of the molecule is NCC1(C(=O)N2CCCC(c3nc(-c4cccc(F)c4)no3)C2)CCOCC1. The highest BCUT2D eigenvalue weighted by Gasteiger charge is 2.43. The molecule has 2 N–H and O–H groups in total. The molecule has 1 amide bonds. The van der Waals surface area contributed by atoms with E-state index in [9.17, 15) is 9.18 Å². The maximum Gasteiger partial charge on any atom is 0.231 e. The number of carbonyl (C=O) groups is 1. The van der Waals surface area contributed by atoms with Crippen LogP contribution < -0.4 is 5.73 Å². The molecule has 1 atom stereocenters. The van der Waals surface area contributed by atoms with E-state index in [2.05, 4.69) is 10.1 Å². The van der Waals surface area contributed by atoms with Crippen LogP contribution in [0.4, 0.5) is 4.39 Å². The number of hydrogen-bond donors (Lipinski definition) is 1. The molecule has 0 bridgehead atoms. The molecule has 2 aliphatic rings. The molecule has 1 unspecified atom stereocenters. The van der Waals surface area contributed by atoms with Crippen molar-refractivity contribution in [1.82, 2.24) is 15.0 Å². The first-order valence-corrected chi connectivity index (χ1v) is 9.78. The van der Waals surface area contributed by atoms with Gasteiger partial charge in [0.15, 0.2) is 0 Å². The van der Waals surface area contributed by atoms with Crippen LogP contribution in [0.3, 0.4) is 0 Å². The van der Waals surface area contributed by atoms with Crippen molar-refractivity contribution in [3.05, 3.63) is 36.0 Å². The lowest BCUT2D eigenvalue weighted by Crippen LogP contribution is -2.53. The molecule has 0 aliphatic carbocycles. The number of piperidine rings is 1. The predicted molar refractivity (Wildman–Crippen MR) is 99.8 cm³/mol. The van der Waals surface area contributed by atoms with Gasteiger partial charge in [-0.1, -0.05) is 17.3 Å². The van der Waals surface area contributed by atoms with E-state index >= 15 is 0 Å². The van der Waals surface area contributed by atoms with Gasteiger partial charge in [-0.25, -0.2) is 4.39 Å². The summed E-state index contributed by atoms with van der Waals surface area (Å²) in [5, 5.41) is 4.00. The molecule has 1 aromatic carbocycles. The van der Waals surface area contributed by atoms with E-state index in [4.69, 9.17) is 15.0 Å². The van der Waals surface area contributed by atoms with E-state index in [0.717, 1.165) is 12.8 Å². The van der Waals surface area contributed by atoms with Crippen molar-refractivity contribution in [2.75, 3.05) is 32.8 Å². The summed E-state index contributed by atoms with van der Waals surface area (Å²) in [6.07, 6.45) is 3.06. The van der Waals surface area contributed by atoms with Gasteiger partial charge in [0.1, 0.15) is 5.82 Å². The van der Waals surface area contributed by atoms with Gasteiger partial charge in [-0.15, -0.1) is 0 Å². The van der Waals surface area contributed by atoms with Gasteiger partial charge in [0.2, 0.25) is 17.6 Å². The van der Waals surface area contributed by atoms with Crippen LogP contribution in [0.5, 0.6) is 0 Å². The minimum absolute atomic E-state index is 0.0258. The average Bonchev–Trinajstić information content (AvgIpc) is 3.24. The molecule has 0 saturated carbocycles. The second kappa shape index (κ2) is 7.97. The van der Waals surface area contributed by atoms with Gasteiger partial charge in [0.05, 0.1) is 11.3 Å². The average molecular weight is 388 g/mol. The Morgan fingerprint density at radius 2 is 2.18 bits per heavy atom. The predicted octanol–water partition coefficient (Wildman–Crippen LogP) is 2.34. The topological polar surface area (TPSA) is 94.5 Å². The Hall–Kier alpha value is -2.32. The Labute approximate surface area is 163 Å². The first-order valence-electron chi connectivity index (χ1n) is 9.78. The molecule has 7 nitrogen and oxygen atoms in total. The summed E-state index contributed by atoms with van der Waals surface area (Å²) in [4.78, 5) is 19.6. The van der Waals surface area contributed by atoms with E-state index in [1.54, 1.807) is 12.1 Å². The first kappa shape index (κ1) is 19.0. The van der Waals surface area contributed by atoms with E-state index in [1.807, 2.05) is 4.90 Å². The smallest absolute Gasteiger partial charge is 0.231 e. The van der Waals surface area contributed by atoms with Crippen LogP contribution in [0.2, 0.25) is 0 Å². The molecule has 4 rings (SSSR count). The van der Waals surface area contributed by atoms with Gasteiger partial charge in [0.25, 0.3) is 0 Å². The zero-order valence-corrected chi connectivity index (χ0v) is 15.8. The molecule has 2 aliphatic heterocycles. The third-order valence-electron chi connectivity index (χ3n) is 5.88. The van der Waals surface area contributed by atoms with Crippen LogP contribution in [0.15, 0.2) is 28.8 Å². The molecule has 2 aromatic rings. The molecule has 3 heterocycles.